The quantitative estimate of drug-likeness (QED) is 0.811. The van der Waals surface area contributed by atoms with Gasteiger partial charge in [0.2, 0.25) is 0 Å². The van der Waals surface area contributed by atoms with Crippen LogP contribution in [-0.4, -0.2) is 23.2 Å². The van der Waals surface area contributed by atoms with Crippen LogP contribution in [0.15, 0.2) is 5.38 Å². The standard InChI is InChI=1S/C11H20N2OS/c1-8-5-15-10(13-8)9(2)12-6-11(3,4)7-14/h5,9,12,14H,6-7H2,1-4H3. The SMILES string of the molecule is Cc1csc(C(C)NCC(C)(C)CO)n1. The zero-order valence-electron chi connectivity index (χ0n) is 9.87. The van der Waals surface area contributed by atoms with Gasteiger partial charge in [-0.1, -0.05) is 13.8 Å². The Balaban J connectivity index is 2.46. The fourth-order valence-electron chi connectivity index (χ4n) is 1.14. The Bertz CT molecular complexity index is 309. The molecular weight excluding hydrogens is 208 g/mol. The first-order valence-electron chi connectivity index (χ1n) is 5.21. The van der Waals surface area contributed by atoms with E-state index in [1.807, 2.05) is 20.8 Å². The molecule has 1 heterocycles. The van der Waals surface area contributed by atoms with Crippen LogP contribution in [0.4, 0.5) is 0 Å². The monoisotopic (exact) mass is 228 g/mol. The van der Waals surface area contributed by atoms with Gasteiger partial charge in [0.15, 0.2) is 0 Å². The predicted octanol–water partition coefficient (Wildman–Crippen LogP) is 2.12. The van der Waals surface area contributed by atoms with Crippen LogP contribution < -0.4 is 5.32 Å². The van der Waals surface area contributed by atoms with Crippen molar-refractivity contribution in [3.63, 3.8) is 0 Å². The Morgan fingerprint density at radius 1 is 1.60 bits per heavy atom. The predicted molar refractivity (Wildman–Crippen MR) is 64.1 cm³/mol. The first-order valence-corrected chi connectivity index (χ1v) is 6.09. The molecule has 1 aromatic heterocycles. The van der Waals surface area contributed by atoms with Gasteiger partial charge < -0.3 is 10.4 Å². The highest BCUT2D eigenvalue weighted by atomic mass is 32.1. The molecule has 0 amide bonds. The van der Waals surface area contributed by atoms with Gasteiger partial charge in [-0.2, -0.15) is 0 Å². The lowest BCUT2D eigenvalue weighted by atomic mass is 9.95. The van der Waals surface area contributed by atoms with Gasteiger partial charge in [-0.3, -0.25) is 0 Å². The van der Waals surface area contributed by atoms with Crippen LogP contribution in [0, 0.1) is 12.3 Å². The topological polar surface area (TPSA) is 45.1 Å². The number of rotatable bonds is 5. The Morgan fingerprint density at radius 2 is 2.27 bits per heavy atom. The average Bonchev–Trinajstić information content (AvgIpc) is 2.61. The second kappa shape index (κ2) is 5.05. The van der Waals surface area contributed by atoms with Crippen LogP contribution >= 0.6 is 11.3 Å². The Hall–Kier alpha value is -0.450. The number of aryl methyl sites for hydroxylation is 1. The maximum absolute atomic E-state index is 9.13. The first kappa shape index (κ1) is 12.6. The van der Waals surface area contributed by atoms with Crippen LogP contribution in [0.2, 0.25) is 0 Å². The second-order valence-electron chi connectivity index (χ2n) is 4.75. The molecule has 0 radical (unpaired) electrons. The van der Waals surface area contributed by atoms with Crippen molar-refractivity contribution >= 4 is 11.3 Å². The van der Waals surface area contributed by atoms with Crippen molar-refractivity contribution in [1.29, 1.82) is 0 Å². The number of nitrogens with one attached hydrogen (secondary N) is 1. The molecule has 0 fully saturated rings. The lowest BCUT2D eigenvalue weighted by Crippen LogP contribution is -2.33. The summed E-state index contributed by atoms with van der Waals surface area (Å²) in [5, 5.41) is 15.7. The number of aromatic nitrogens is 1. The summed E-state index contributed by atoms with van der Waals surface area (Å²) in [4.78, 5) is 4.43. The third-order valence-corrected chi connectivity index (χ3v) is 3.47. The summed E-state index contributed by atoms with van der Waals surface area (Å²) in [7, 11) is 0. The highest BCUT2D eigenvalue weighted by molar-refractivity contribution is 7.09. The van der Waals surface area contributed by atoms with Gasteiger partial charge in [0, 0.05) is 29.6 Å². The second-order valence-corrected chi connectivity index (χ2v) is 5.64. The lowest BCUT2D eigenvalue weighted by Gasteiger charge is -2.24. The minimum atomic E-state index is -0.0689. The van der Waals surface area contributed by atoms with Crippen LogP contribution in [0.25, 0.3) is 0 Å². The van der Waals surface area contributed by atoms with E-state index in [9.17, 15) is 0 Å². The van der Waals surface area contributed by atoms with E-state index in [1.54, 1.807) is 11.3 Å². The van der Waals surface area contributed by atoms with Gasteiger partial charge in [-0.25, -0.2) is 4.98 Å². The van der Waals surface area contributed by atoms with Crippen molar-refractivity contribution in [3.05, 3.63) is 16.1 Å². The summed E-state index contributed by atoms with van der Waals surface area (Å²) in [6.07, 6.45) is 0. The Labute approximate surface area is 95.6 Å². The molecule has 0 aliphatic rings. The number of aliphatic hydroxyl groups is 1. The zero-order chi connectivity index (χ0) is 11.5. The van der Waals surface area contributed by atoms with Crippen molar-refractivity contribution in [2.24, 2.45) is 5.41 Å². The molecule has 1 aromatic rings. The molecule has 0 aliphatic heterocycles. The summed E-state index contributed by atoms with van der Waals surface area (Å²) in [6, 6.07) is 0.259. The van der Waals surface area contributed by atoms with Crippen molar-refractivity contribution in [1.82, 2.24) is 10.3 Å². The minimum absolute atomic E-state index is 0.0689. The van der Waals surface area contributed by atoms with Crippen LogP contribution in [0.5, 0.6) is 0 Å². The molecule has 0 bridgehead atoms. The van der Waals surface area contributed by atoms with Gasteiger partial charge in [0.1, 0.15) is 5.01 Å². The molecule has 3 nitrogen and oxygen atoms in total. The zero-order valence-corrected chi connectivity index (χ0v) is 10.7. The van der Waals surface area contributed by atoms with Gasteiger partial charge >= 0.3 is 0 Å². The molecule has 15 heavy (non-hydrogen) atoms. The molecule has 0 aromatic carbocycles. The highest BCUT2D eigenvalue weighted by Crippen LogP contribution is 2.19. The Morgan fingerprint density at radius 3 is 2.73 bits per heavy atom. The summed E-state index contributed by atoms with van der Waals surface area (Å²) >= 11 is 1.68. The molecule has 1 unspecified atom stereocenters. The normalized spacial score (nSPS) is 14.2. The number of thiazole rings is 1. The Kier molecular flexibility index (Phi) is 4.25. The van der Waals surface area contributed by atoms with E-state index < -0.39 is 0 Å². The summed E-state index contributed by atoms with van der Waals surface area (Å²) in [6.45, 7) is 9.18. The highest BCUT2D eigenvalue weighted by Gasteiger charge is 2.18. The smallest absolute Gasteiger partial charge is 0.110 e. The maximum Gasteiger partial charge on any atom is 0.110 e. The summed E-state index contributed by atoms with van der Waals surface area (Å²) in [5.74, 6) is 0. The molecule has 1 atom stereocenters. The van der Waals surface area contributed by atoms with Gasteiger partial charge in [0.25, 0.3) is 0 Å². The van der Waals surface area contributed by atoms with Crippen LogP contribution in [0.1, 0.15) is 37.5 Å². The van der Waals surface area contributed by atoms with Gasteiger partial charge in [0.05, 0.1) is 6.04 Å². The number of nitrogens with zero attached hydrogens (tertiary/aromatic N) is 1. The van der Waals surface area contributed by atoms with Crippen molar-refractivity contribution < 1.29 is 5.11 Å². The maximum atomic E-state index is 9.13. The van der Waals surface area contributed by atoms with Crippen molar-refractivity contribution in [3.8, 4) is 0 Å². The van der Waals surface area contributed by atoms with Crippen LogP contribution in [0.3, 0.4) is 0 Å². The molecule has 0 spiro atoms. The van der Waals surface area contributed by atoms with Crippen molar-refractivity contribution in [2.45, 2.75) is 33.7 Å². The van der Waals surface area contributed by atoms with E-state index in [2.05, 4.69) is 22.6 Å². The third kappa shape index (κ3) is 3.89. The number of hydrogen-bond donors (Lipinski definition) is 2. The average molecular weight is 228 g/mol. The molecule has 0 aliphatic carbocycles. The fraction of sp³-hybridized carbons (Fsp3) is 0.727. The molecular formula is C11H20N2OS. The molecule has 0 saturated carbocycles. The molecule has 4 heteroatoms. The first-order chi connectivity index (χ1) is 6.94. The largest absolute Gasteiger partial charge is 0.396 e. The fourth-order valence-corrected chi connectivity index (χ4v) is 1.97. The summed E-state index contributed by atoms with van der Waals surface area (Å²) < 4.78 is 0. The van der Waals surface area contributed by atoms with E-state index in [0.717, 1.165) is 17.2 Å². The van der Waals surface area contributed by atoms with Crippen LogP contribution in [-0.2, 0) is 0 Å². The number of aliphatic hydroxyl groups excluding tert-OH is 1. The third-order valence-electron chi connectivity index (χ3n) is 2.32. The van der Waals surface area contributed by atoms with E-state index in [-0.39, 0.29) is 18.1 Å². The molecule has 2 N–H and O–H groups in total. The van der Waals surface area contributed by atoms with E-state index in [1.165, 1.54) is 0 Å². The van der Waals surface area contributed by atoms with Gasteiger partial charge in [-0.15, -0.1) is 11.3 Å². The van der Waals surface area contributed by atoms with E-state index in [0.29, 0.717) is 0 Å². The van der Waals surface area contributed by atoms with Crippen molar-refractivity contribution in [2.75, 3.05) is 13.2 Å². The summed E-state index contributed by atoms with van der Waals surface area (Å²) in [5.41, 5.74) is 1.01. The number of hydrogen-bond acceptors (Lipinski definition) is 4. The van der Waals surface area contributed by atoms with E-state index in [4.69, 9.17) is 5.11 Å². The van der Waals surface area contributed by atoms with E-state index >= 15 is 0 Å². The minimum Gasteiger partial charge on any atom is -0.396 e. The van der Waals surface area contributed by atoms with Gasteiger partial charge in [-0.05, 0) is 13.8 Å². The molecule has 0 saturated heterocycles. The molecule has 86 valence electrons. The molecule has 1 rings (SSSR count). The lowest BCUT2D eigenvalue weighted by molar-refractivity contribution is 0.154.